The number of benzene rings is 3. The quantitative estimate of drug-likeness (QED) is 0.356. The minimum Gasteiger partial charge on any atom is -0.338 e. The number of nitrogens with zero attached hydrogens (tertiary/aromatic N) is 2. The summed E-state index contributed by atoms with van der Waals surface area (Å²) in [6, 6.07) is 29.9. The Hall–Kier alpha value is -3.63. The summed E-state index contributed by atoms with van der Waals surface area (Å²) in [4.78, 5) is 4.87. The molecular weight excluding hydrogens is 380 g/mol. The van der Waals surface area contributed by atoms with Crippen molar-refractivity contribution in [3.63, 3.8) is 0 Å². The van der Waals surface area contributed by atoms with Crippen molar-refractivity contribution in [1.82, 2.24) is 15.2 Å². The van der Waals surface area contributed by atoms with Gasteiger partial charge in [-0.2, -0.15) is 5.10 Å². The van der Waals surface area contributed by atoms with Gasteiger partial charge in [0.2, 0.25) is 0 Å². The van der Waals surface area contributed by atoms with Crippen molar-refractivity contribution in [2.24, 2.45) is 0 Å². The Morgan fingerprint density at radius 3 is 2.34 bits per heavy atom. The first-order valence-corrected chi connectivity index (χ1v) is 9.68. The van der Waals surface area contributed by atoms with Crippen molar-refractivity contribution in [2.75, 3.05) is 5.32 Å². The van der Waals surface area contributed by atoms with Gasteiger partial charge in [-0.1, -0.05) is 72.3 Å². The molecule has 0 amide bonds. The molecule has 0 aliphatic heterocycles. The summed E-state index contributed by atoms with van der Waals surface area (Å²) >= 11 is 6.45. The van der Waals surface area contributed by atoms with E-state index in [1.807, 2.05) is 91.0 Å². The van der Waals surface area contributed by atoms with Crippen LogP contribution >= 0.6 is 11.6 Å². The molecule has 2 N–H and O–H groups in total. The van der Waals surface area contributed by atoms with Crippen LogP contribution < -0.4 is 5.32 Å². The van der Waals surface area contributed by atoms with Gasteiger partial charge in [0, 0.05) is 27.2 Å². The van der Waals surface area contributed by atoms with Crippen molar-refractivity contribution in [1.29, 1.82) is 0 Å². The van der Waals surface area contributed by atoms with Gasteiger partial charge in [-0.05, 0) is 30.3 Å². The SMILES string of the molecule is Clc1ccccc1-c1cc(Nc2n[nH]c3ccccc23)cc(-c2ccccc2)n1. The fraction of sp³-hybridized carbons (Fsp3) is 0. The molecule has 0 aliphatic rings. The summed E-state index contributed by atoms with van der Waals surface area (Å²) < 4.78 is 0. The normalized spacial score (nSPS) is 10.9. The molecule has 2 heterocycles. The van der Waals surface area contributed by atoms with Gasteiger partial charge in [0.1, 0.15) is 0 Å². The molecule has 4 nitrogen and oxygen atoms in total. The number of aromatic amines is 1. The van der Waals surface area contributed by atoms with Crippen LogP contribution in [0.4, 0.5) is 11.5 Å². The highest BCUT2D eigenvalue weighted by atomic mass is 35.5. The Balaban J connectivity index is 1.64. The van der Waals surface area contributed by atoms with Crippen LogP contribution in [0.3, 0.4) is 0 Å². The van der Waals surface area contributed by atoms with Crippen molar-refractivity contribution in [3.8, 4) is 22.5 Å². The standard InChI is InChI=1S/C24H17ClN4/c25-20-12-6-4-10-18(20)23-15-17(14-22(27-23)16-8-2-1-3-9-16)26-24-19-11-5-7-13-21(19)28-29-24/h1-15H,(H2,26,27,28,29). The van der Waals surface area contributed by atoms with Crippen LogP contribution in [-0.4, -0.2) is 15.2 Å². The molecule has 0 bridgehead atoms. The lowest BCUT2D eigenvalue weighted by Gasteiger charge is -2.11. The number of nitrogens with one attached hydrogen (secondary N) is 2. The molecule has 2 aromatic heterocycles. The lowest BCUT2D eigenvalue weighted by Crippen LogP contribution is -1.96. The minimum absolute atomic E-state index is 0.668. The number of H-pyrrole nitrogens is 1. The van der Waals surface area contributed by atoms with Gasteiger partial charge in [-0.25, -0.2) is 4.98 Å². The van der Waals surface area contributed by atoms with E-state index in [1.165, 1.54) is 0 Å². The van der Waals surface area contributed by atoms with E-state index in [-0.39, 0.29) is 0 Å². The van der Waals surface area contributed by atoms with E-state index < -0.39 is 0 Å². The van der Waals surface area contributed by atoms with E-state index in [0.717, 1.165) is 44.9 Å². The van der Waals surface area contributed by atoms with Crippen LogP contribution in [-0.2, 0) is 0 Å². The highest BCUT2D eigenvalue weighted by Gasteiger charge is 2.12. The van der Waals surface area contributed by atoms with Crippen LogP contribution in [0.1, 0.15) is 0 Å². The number of hydrogen-bond acceptors (Lipinski definition) is 3. The monoisotopic (exact) mass is 396 g/mol. The third-order valence-electron chi connectivity index (χ3n) is 4.78. The molecule has 0 spiro atoms. The van der Waals surface area contributed by atoms with Gasteiger partial charge in [0.15, 0.2) is 5.82 Å². The smallest absolute Gasteiger partial charge is 0.160 e. The summed E-state index contributed by atoms with van der Waals surface area (Å²) in [7, 11) is 0. The number of pyridine rings is 1. The molecule has 0 saturated heterocycles. The fourth-order valence-electron chi connectivity index (χ4n) is 3.36. The van der Waals surface area contributed by atoms with Crippen LogP contribution in [0.25, 0.3) is 33.4 Å². The van der Waals surface area contributed by atoms with Gasteiger partial charge in [0.25, 0.3) is 0 Å². The fourth-order valence-corrected chi connectivity index (χ4v) is 3.59. The lowest BCUT2D eigenvalue weighted by atomic mass is 10.1. The van der Waals surface area contributed by atoms with Crippen molar-refractivity contribution < 1.29 is 0 Å². The second-order valence-electron chi connectivity index (χ2n) is 6.71. The Morgan fingerprint density at radius 2 is 1.48 bits per heavy atom. The Labute approximate surface area is 173 Å². The number of para-hydroxylation sites is 1. The largest absolute Gasteiger partial charge is 0.338 e. The maximum atomic E-state index is 6.45. The summed E-state index contributed by atoms with van der Waals surface area (Å²) in [6.07, 6.45) is 0. The van der Waals surface area contributed by atoms with Crippen molar-refractivity contribution in [3.05, 3.63) is 96.0 Å². The van der Waals surface area contributed by atoms with E-state index in [1.54, 1.807) is 0 Å². The first-order chi connectivity index (χ1) is 14.3. The number of hydrogen-bond donors (Lipinski definition) is 2. The van der Waals surface area contributed by atoms with Crippen LogP contribution in [0.5, 0.6) is 0 Å². The zero-order chi connectivity index (χ0) is 19.6. The van der Waals surface area contributed by atoms with Crippen LogP contribution in [0.2, 0.25) is 5.02 Å². The molecular formula is C24H17ClN4. The van der Waals surface area contributed by atoms with E-state index in [4.69, 9.17) is 16.6 Å². The topological polar surface area (TPSA) is 53.6 Å². The number of aromatic nitrogens is 3. The van der Waals surface area contributed by atoms with Gasteiger partial charge >= 0.3 is 0 Å². The van der Waals surface area contributed by atoms with E-state index in [9.17, 15) is 0 Å². The summed E-state index contributed by atoms with van der Waals surface area (Å²) in [5, 5.41) is 12.6. The van der Waals surface area contributed by atoms with E-state index >= 15 is 0 Å². The maximum absolute atomic E-state index is 6.45. The number of rotatable bonds is 4. The summed E-state index contributed by atoms with van der Waals surface area (Å²) in [5.74, 6) is 0.774. The predicted octanol–water partition coefficient (Wildman–Crippen LogP) is 6.69. The van der Waals surface area contributed by atoms with Gasteiger partial charge in [-0.3, -0.25) is 5.10 Å². The molecule has 0 fully saturated rings. The average Bonchev–Trinajstić information content (AvgIpc) is 3.17. The van der Waals surface area contributed by atoms with Gasteiger partial charge in [-0.15, -0.1) is 0 Å². The second-order valence-corrected chi connectivity index (χ2v) is 7.12. The maximum Gasteiger partial charge on any atom is 0.160 e. The number of fused-ring (bicyclic) bond motifs is 1. The zero-order valence-corrected chi connectivity index (χ0v) is 16.2. The first kappa shape index (κ1) is 17.5. The zero-order valence-electron chi connectivity index (χ0n) is 15.4. The van der Waals surface area contributed by atoms with E-state index in [0.29, 0.717) is 5.02 Å². The van der Waals surface area contributed by atoms with Gasteiger partial charge in [0.05, 0.1) is 16.9 Å². The Kier molecular flexibility index (Phi) is 4.47. The summed E-state index contributed by atoms with van der Waals surface area (Å²) in [5.41, 5.74) is 5.48. The lowest BCUT2D eigenvalue weighted by molar-refractivity contribution is 1.12. The molecule has 140 valence electrons. The Bertz CT molecular complexity index is 1290. The highest BCUT2D eigenvalue weighted by molar-refractivity contribution is 6.33. The molecule has 0 aliphatic carbocycles. The molecule has 5 rings (SSSR count). The van der Waals surface area contributed by atoms with Crippen LogP contribution in [0.15, 0.2) is 91.0 Å². The molecule has 0 saturated carbocycles. The molecule has 0 atom stereocenters. The molecule has 3 aromatic carbocycles. The second kappa shape index (κ2) is 7.41. The minimum atomic E-state index is 0.668. The highest BCUT2D eigenvalue weighted by Crippen LogP contribution is 2.33. The van der Waals surface area contributed by atoms with E-state index in [2.05, 4.69) is 15.5 Å². The van der Waals surface area contributed by atoms with Gasteiger partial charge < -0.3 is 5.32 Å². The third-order valence-corrected chi connectivity index (χ3v) is 5.11. The molecule has 29 heavy (non-hydrogen) atoms. The van der Waals surface area contributed by atoms with Crippen LogP contribution in [0, 0.1) is 0 Å². The van der Waals surface area contributed by atoms with Crippen molar-refractivity contribution in [2.45, 2.75) is 0 Å². The average molecular weight is 397 g/mol. The molecule has 5 aromatic rings. The van der Waals surface area contributed by atoms with Crippen molar-refractivity contribution >= 4 is 34.0 Å². The first-order valence-electron chi connectivity index (χ1n) is 9.30. The number of halogens is 1. The summed E-state index contributed by atoms with van der Waals surface area (Å²) in [6.45, 7) is 0. The molecule has 5 heteroatoms. The Morgan fingerprint density at radius 1 is 0.759 bits per heavy atom. The number of anilines is 2. The molecule has 0 radical (unpaired) electrons. The predicted molar refractivity (Wildman–Crippen MR) is 119 cm³/mol. The third kappa shape index (κ3) is 3.46. The molecule has 0 unspecified atom stereocenters.